The van der Waals surface area contributed by atoms with Gasteiger partial charge in [-0.3, -0.25) is 9.59 Å². The van der Waals surface area contributed by atoms with Crippen molar-refractivity contribution in [3.05, 3.63) is 28.2 Å². The zero-order chi connectivity index (χ0) is 12.8. The number of rotatable bonds is 2. The van der Waals surface area contributed by atoms with Crippen LogP contribution in [-0.2, 0) is 15.0 Å². The van der Waals surface area contributed by atoms with Crippen molar-refractivity contribution in [3.8, 4) is 0 Å². The van der Waals surface area contributed by atoms with Crippen molar-refractivity contribution in [1.82, 2.24) is 0 Å². The molecule has 2 amide bonds. The van der Waals surface area contributed by atoms with Gasteiger partial charge in [-0.25, -0.2) is 0 Å². The first-order valence-corrected chi connectivity index (χ1v) is 6.03. The van der Waals surface area contributed by atoms with Gasteiger partial charge in [0.25, 0.3) is 0 Å². The first-order chi connectivity index (χ1) is 7.84. The summed E-state index contributed by atoms with van der Waals surface area (Å²) in [4.78, 5) is 24.7. The Kier molecular flexibility index (Phi) is 2.73. The van der Waals surface area contributed by atoms with Crippen molar-refractivity contribution in [1.29, 1.82) is 0 Å². The summed E-state index contributed by atoms with van der Waals surface area (Å²) >= 11 is 3.36. The molecule has 0 radical (unpaired) electrons. The van der Waals surface area contributed by atoms with E-state index in [0.717, 1.165) is 15.7 Å². The molecule has 0 spiro atoms. The number of halogens is 1. The zero-order valence-electron chi connectivity index (χ0n) is 9.66. The van der Waals surface area contributed by atoms with Gasteiger partial charge in [-0.15, -0.1) is 0 Å². The zero-order valence-corrected chi connectivity index (χ0v) is 11.2. The third-order valence-electron chi connectivity index (χ3n) is 3.02. The molecule has 1 aliphatic heterocycles. The van der Waals surface area contributed by atoms with E-state index in [4.69, 9.17) is 5.73 Å². The molecule has 5 heteroatoms. The maximum atomic E-state index is 12.2. The third kappa shape index (κ3) is 1.84. The molecule has 2 rings (SSSR count). The van der Waals surface area contributed by atoms with Crippen molar-refractivity contribution in [2.75, 3.05) is 11.4 Å². The highest BCUT2D eigenvalue weighted by atomic mass is 79.9. The van der Waals surface area contributed by atoms with Crippen molar-refractivity contribution in [2.24, 2.45) is 5.73 Å². The maximum absolute atomic E-state index is 12.2. The van der Waals surface area contributed by atoms with Gasteiger partial charge in [0, 0.05) is 10.2 Å². The van der Waals surface area contributed by atoms with Crippen LogP contribution in [0.25, 0.3) is 0 Å². The average molecular weight is 297 g/mol. The van der Waals surface area contributed by atoms with Crippen LogP contribution in [0.1, 0.15) is 19.4 Å². The van der Waals surface area contributed by atoms with Gasteiger partial charge in [0.15, 0.2) is 0 Å². The summed E-state index contributed by atoms with van der Waals surface area (Å²) in [5, 5.41) is 0. The van der Waals surface area contributed by atoms with Gasteiger partial charge < -0.3 is 10.6 Å². The number of benzene rings is 1. The van der Waals surface area contributed by atoms with Gasteiger partial charge in [0.05, 0.1) is 5.41 Å². The highest BCUT2D eigenvalue weighted by Gasteiger charge is 2.44. The molecule has 0 fully saturated rings. The second-order valence-electron chi connectivity index (χ2n) is 4.64. The maximum Gasteiger partial charge on any atom is 0.237 e. The van der Waals surface area contributed by atoms with Crippen molar-refractivity contribution >= 4 is 33.4 Å². The lowest BCUT2D eigenvalue weighted by Gasteiger charge is -2.18. The Morgan fingerprint density at radius 3 is 2.71 bits per heavy atom. The Morgan fingerprint density at radius 2 is 2.12 bits per heavy atom. The van der Waals surface area contributed by atoms with Crippen molar-refractivity contribution in [2.45, 2.75) is 19.3 Å². The molecule has 0 aromatic heterocycles. The van der Waals surface area contributed by atoms with Crippen LogP contribution in [0, 0.1) is 0 Å². The molecule has 0 bridgehead atoms. The molecule has 1 aromatic rings. The Labute approximate surface area is 108 Å². The van der Waals surface area contributed by atoms with Gasteiger partial charge >= 0.3 is 0 Å². The number of nitrogens with two attached hydrogens (primary N) is 1. The van der Waals surface area contributed by atoms with Crippen LogP contribution in [0.4, 0.5) is 5.69 Å². The second kappa shape index (κ2) is 3.84. The van der Waals surface area contributed by atoms with E-state index >= 15 is 0 Å². The number of hydrogen-bond donors (Lipinski definition) is 1. The predicted octanol–water partition coefficient (Wildman–Crippen LogP) is 1.56. The third-order valence-corrected chi connectivity index (χ3v) is 3.51. The molecular formula is C12H13BrN2O2. The SMILES string of the molecule is CC1(C)C(=O)N(CC(N)=O)c2cc(Br)ccc21. The molecule has 0 aliphatic carbocycles. The molecule has 17 heavy (non-hydrogen) atoms. The van der Waals surface area contributed by atoms with E-state index in [1.54, 1.807) is 0 Å². The molecule has 90 valence electrons. The fourth-order valence-electron chi connectivity index (χ4n) is 2.13. The quantitative estimate of drug-likeness (QED) is 0.900. The van der Waals surface area contributed by atoms with Crippen LogP contribution < -0.4 is 10.6 Å². The minimum absolute atomic E-state index is 0.0777. The Bertz CT molecular complexity index is 511. The van der Waals surface area contributed by atoms with Crippen LogP contribution in [0.15, 0.2) is 22.7 Å². The van der Waals surface area contributed by atoms with Gasteiger partial charge in [0.2, 0.25) is 11.8 Å². The first kappa shape index (κ1) is 12.1. The van der Waals surface area contributed by atoms with Crippen LogP contribution in [0.5, 0.6) is 0 Å². The molecule has 1 heterocycles. The van der Waals surface area contributed by atoms with Crippen LogP contribution in [0.2, 0.25) is 0 Å². The van der Waals surface area contributed by atoms with E-state index < -0.39 is 11.3 Å². The summed E-state index contributed by atoms with van der Waals surface area (Å²) in [6, 6.07) is 5.63. The number of fused-ring (bicyclic) bond motifs is 1. The minimum atomic E-state index is -0.606. The lowest BCUT2D eigenvalue weighted by atomic mass is 9.86. The Balaban J connectivity index is 2.56. The lowest BCUT2D eigenvalue weighted by Crippen LogP contribution is -2.41. The fourth-order valence-corrected chi connectivity index (χ4v) is 2.48. The predicted molar refractivity (Wildman–Crippen MR) is 68.7 cm³/mol. The summed E-state index contributed by atoms with van der Waals surface area (Å²) in [5.74, 6) is -0.605. The Morgan fingerprint density at radius 1 is 1.47 bits per heavy atom. The second-order valence-corrected chi connectivity index (χ2v) is 5.56. The molecule has 0 unspecified atom stereocenters. The smallest absolute Gasteiger partial charge is 0.237 e. The molecule has 4 nitrogen and oxygen atoms in total. The van der Waals surface area contributed by atoms with Crippen molar-refractivity contribution in [3.63, 3.8) is 0 Å². The molecular weight excluding hydrogens is 284 g/mol. The van der Waals surface area contributed by atoms with E-state index in [0.29, 0.717) is 0 Å². The standard InChI is InChI=1S/C12H13BrN2O2/c1-12(2)8-4-3-7(13)5-9(8)15(11(12)17)6-10(14)16/h3-5H,6H2,1-2H3,(H2,14,16). The Hall–Kier alpha value is -1.36. The highest BCUT2D eigenvalue weighted by Crippen LogP contribution is 2.42. The molecule has 2 N–H and O–H groups in total. The number of carbonyl (C=O) groups excluding carboxylic acids is 2. The number of carbonyl (C=O) groups is 2. The molecule has 1 aromatic carbocycles. The van der Waals surface area contributed by atoms with Gasteiger partial charge in [-0.2, -0.15) is 0 Å². The van der Waals surface area contributed by atoms with Gasteiger partial charge in [-0.05, 0) is 31.5 Å². The van der Waals surface area contributed by atoms with E-state index in [1.807, 2.05) is 32.0 Å². The monoisotopic (exact) mass is 296 g/mol. The first-order valence-electron chi connectivity index (χ1n) is 5.24. The van der Waals surface area contributed by atoms with E-state index in [-0.39, 0.29) is 12.5 Å². The molecule has 0 saturated carbocycles. The summed E-state index contributed by atoms with van der Waals surface area (Å²) < 4.78 is 0.872. The number of anilines is 1. The summed E-state index contributed by atoms with van der Waals surface area (Å²) in [7, 11) is 0. The summed E-state index contributed by atoms with van der Waals surface area (Å²) in [6.07, 6.45) is 0. The largest absolute Gasteiger partial charge is 0.368 e. The van der Waals surface area contributed by atoms with Crippen LogP contribution >= 0.6 is 15.9 Å². The summed E-state index contributed by atoms with van der Waals surface area (Å²) in [5.41, 5.74) is 6.25. The normalized spacial score (nSPS) is 17.1. The number of hydrogen-bond acceptors (Lipinski definition) is 2. The topological polar surface area (TPSA) is 63.4 Å². The van der Waals surface area contributed by atoms with Gasteiger partial charge in [-0.1, -0.05) is 22.0 Å². The van der Waals surface area contributed by atoms with E-state index in [9.17, 15) is 9.59 Å². The average Bonchev–Trinajstić information content (AvgIpc) is 2.39. The molecule has 0 atom stereocenters. The van der Waals surface area contributed by atoms with E-state index in [2.05, 4.69) is 15.9 Å². The summed E-state index contributed by atoms with van der Waals surface area (Å²) in [6.45, 7) is 3.62. The molecule has 1 aliphatic rings. The van der Waals surface area contributed by atoms with E-state index in [1.165, 1.54) is 4.90 Å². The van der Waals surface area contributed by atoms with Gasteiger partial charge in [0.1, 0.15) is 6.54 Å². The van der Waals surface area contributed by atoms with Crippen molar-refractivity contribution < 1.29 is 9.59 Å². The van der Waals surface area contributed by atoms with Crippen LogP contribution in [0.3, 0.4) is 0 Å². The van der Waals surface area contributed by atoms with Crippen LogP contribution in [-0.4, -0.2) is 18.4 Å². The minimum Gasteiger partial charge on any atom is -0.368 e. The number of primary amides is 1. The lowest BCUT2D eigenvalue weighted by molar-refractivity contribution is -0.124. The number of nitrogens with zero attached hydrogens (tertiary/aromatic N) is 1. The fraction of sp³-hybridized carbons (Fsp3) is 0.333. The number of amides is 2. The highest BCUT2D eigenvalue weighted by molar-refractivity contribution is 9.10. The molecule has 0 saturated heterocycles.